The van der Waals surface area contributed by atoms with Gasteiger partial charge >= 0.3 is 0 Å². The van der Waals surface area contributed by atoms with Crippen LogP contribution in [0.3, 0.4) is 0 Å². The molecule has 9 heteroatoms. The zero-order valence-electron chi connectivity index (χ0n) is 17.7. The molecule has 168 valence electrons. The van der Waals surface area contributed by atoms with Crippen LogP contribution in [0, 0.1) is 10.1 Å². The monoisotopic (exact) mass is 433 g/mol. The smallest absolute Gasteiger partial charge is 0.269 e. The van der Waals surface area contributed by atoms with Crippen LogP contribution >= 0.6 is 0 Å². The maximum absolute atomic E-state index is 10.9. The fourth-order valence-corrected chi connectivity index (χ4v) is 3.54. The number of rotatable bonds is 10. The summed E-state index contributed by atoms with van der Waals surface area (Å²) < 4.78 is 35.0. The van der Waals surface area contributed by atoms with Crippen molar-refractivity contribution in [3.8, 4) is 5.75 Å². The number of hydrogen-bond donors (Lipinski definition) is 0. The van der Waals surface area contributed by atoms with Gasteiger partial charge in [0.15, 0.2) is 0 Å². The summed E-state index contributed by atoms with van der Waals surface area (Å²) in [5.74, 6) is 0.409. The number of methoxy groups -OCH3 is 3. The third kappa shape index (κ3) is 5.78. The van der Waals surface area contributed by atoms with E-state index in [1.165, 1.54) is 24.3 Å². The maximum atomic E-state index is 10.9. The molecule has 2 aromatic carbocycles. The van der Waals surface area contributed by atoms with E-state index in [0.717, 1.165) is 5.56 Å². The Morgan fingerprint density at radius 1 is 0.935 bits per heavy atom. The Bertz CT molecular complexity index is 816. The van der Waals surface area contributed by atoms with Gasteiger partial charge < -0.3 is 28.4 Å². The number of nitrogens with zero attached hydrogens (tertiary/aromatic N) is 1. The highest BCUT2D eigenvalue weighted by molar-refractivity contribution is 5.36. The molecule has 9 nitrogen and oxygen atoms in total. The summed E-state index contributed by atoms with van der Waals surface area (Å²) in [4.78, 5) is 10.4. The lowest BCUT2D eigenvalue weighted by Crippen LogP contribution is -2.62. The molecule has 0 N–H and O–H groups in total. The quantitative estimate of drug-likeness (QED) is 0.417. The van der Waals surface area contributed by atoms with E-state index < -0.39 is 35.6 Å². The van der Waals surface area contributed by atoms with Crippen LogP contribution in [-0.4, -0.2) is 63.6 Å². The zero-order valence-corrected chi connectivity index (χ0v) is 17.7. The van der Waals surface area contributed by atoms with E-state index in [2.05, 4.69) is 0 Å². The molecule has 1 fully saturated rings. The lowest BCUT2D eigenvalue weighted by Gasteiger charge is -2.44. The van der Waals surface area contributed by atoms with Gasteiger partial charge in [-0.1, -0.05) is 30.3 Å². The maximum Gasteiger partial charge on any atom is 0.269 e. The average Bonchev–Trinajstić information content (AvgIpc) is 2.79. The van der Waals surface area contributed by atoms with Crippen LogP contribution in [0.25, 0.3) is 0 Å². The number of non-ortho nitro benzene ring substituents is 1. The second-order valence-electron chi connectivity index (χ2n) is 7.03. The molecule has 0 saturated carbocycles. The van der Waals surface area contributed by atoms with Crippen LogP contribution in [-0.2, 0) is 30.3 Å². The first-order valence-corrected chi connectivity index (χ1v) is 9.84. The van der Waals surface area contributed by atoms with Crippen LogP contribution in [0.5, 0.6) is 5.75 Å². The van der Waals surface area contributed by atoms with E-state index in [9.17, 15) is 10.1 Å². The standard InChI is InChI=1S/C22H27NO8/c1-26-14-18-19(27-2)20(29-13-15-7-5-4-6-8-15)21(28-3)22(31-18)30-17-11-9-16(10-12-17)23(24)25/h4-12,18-22H,13-14H2,1-3H3/t18-,19+,20+,21-,22+/m1/s1. The predicted octanol–water partition coefficient (Wildman–Crippen LogP) is 2.96. The van der Waals surface area contributed by atoms with E-state index in [1.54, 1.807) is 21.3 Å². The minimum Gasteiger partial charge on any atom is -0.462 e. The zero-order chi connectivity index (χ0) is 22.2. The highest BCUT2D eigenvalue weighted by Gasteiger charge is 2.48. The molecule has 2 aromatic rings. The summed E-state index contributed by atoms with van der Waals surface area (Å²) in [6.45, 7) is 0.620. The Morgan fingerprint density at radius 2 is 1.61 bits per heavy atom. The van der Waals surface area contributed by atoms with Crippen LogP contribution in [0.2, 0.25) is 0 Å². The van der Waals surface area contributed by atoms with Gasteiger partial charge in [-0.25, -0.2) is 0 Å². The first kappa shape index (κ1) is 23.1. The molecule has 0 unspecified atom stereocenters. The topological polar surface area (TPSA) is 98.5 Å². The summed E-state index contributed by atoms with van der Waals surface area (Å²) in [6.07, 6.45) is -2.88. The molecule has 1 heterocycles. The molecule has 1 saturated heterocycles. The highest BCUT2D eigenvalue weighted by atomic mass is 16.7. The molecular weight excluding hydrogens is 406 g/mol. The van der Waals surface area contributed by atoms with E-state index in [-0.39, 0.29) is 12.3 Å². The van der Waals surface area contributed by atoms with Gasteiger partial charge in [0.2, 0.25) is 6.29 Å². The Morgan fingerprint density at radius 3 is 2.19 bits per heavy atom. The second kappa shape index (κ2) is 11.2. The van der Waals surface area contributed by atoms with Crippen molar-refractivity contribution in [2.75, 3.05) is 27.9 Å². The largest absolute Gasteiger partial charge is 0.462 e. The van der Waals surface area contributed by atoms with Gasteiger partial charge in [-0.05, 0) is 17.7 Å². The number of benzene rings is 2. The molecule has 0 spiro atoms. The van der Waals surface area contributed by atoms with Crippen molar-refractivity contribution in [1.82, 2.24) is 0 Å². The number of nitro groups is 1. The molecule has 0 aliphatic carbocycles. The van der Waals surface area contributed by atoms with E-state index in [0.29, 0.717) is 12.4 Å². The number of nitro benzene ring substituents is 1. The third-order valence-corrected chi connectivity index (χ3v) is 5.05. The van der Waals surface area contributed by atoms with E-state index >= 15 is 0 Å². The predicted molar refractivity (Wildman–Crippen MR) is 111 cm³/mol. The summed E-state index contributed by atoms with van der Waals surface area (Å²) in [5, 5.41) is 10.9. The van der Waals surface area contributed by atoms with Gasteiger partial charge in [0, 0.05) is 33.5 Å². The molecule has 1 aliphatic heterocycles. The fourth-order valence-electron chi connectivity index (χ4n) is 3.54. The lowest BCUT2D eigenvalue weighted by atomic mass is 9.98. The molecule has 31 heavy (non-hydrogen) atoms. The first-order valence-electron chi connectivity index (χ1n) is 9.84. The van der Waals surface area contributed by atoms with Crippen LogP contribution in [0.1, 0.15) is 5.56 Å². The van der Waals surface area contributed by atoms with E-state index in [1.807, 2.05) is 30.3 Å². The molecule has 0 radical (unpaired) electrons. The molecule has 0 amide bonds. The van der Waals surface area contributed by atoms with Gasteiger partial charge in [-0.2, -0.15) is 0 Å². The van der Waals surface area contributed by atoms with Crippen LogP contribution < -0.4 is 4.74 Å². The van der Waals surface area contributed by atoms with Gasteiger partial charge in [-0.15, -0.1) is 0 Å². The van der Waals surface area contributed by atoms with Gasteiger partial charge in [-0.3, -0.25) is 10.1 Å². The Labute approximate surface area is 180 Å². The molecule has 5 atom stereocenters. The number of hydrogen-bond acceptors (Lipinski definition) is 8. The van der Waals surface area contributed by atoms with Gasteiger partial charge in [0.25, 0.3) is 5.69 Å². The Hall–Kier alpha value is -2.56. The van der Waals surface area contributed by atoms with Crippen molar-refractivity contribution in [2.24, 2.45) is 0 Å². The van der Waals surface area contributed by atoms with Crippen molar-refractivity contribution >= 4 is 5.69 Å². The van der Waals surface area contributed by atoms with Gasteiger partial charge in [0.05, 0.1) is 18.1 Å². The van der Waals surface area contributed by atoms with Crippen molar-refractivity contribution in [3.63, 3.8) is 0 Å². The Balaban J connectivity index is 1.80. The molecular formula is C22H27NO8. The average molecular weight is 433 g/mol. The van der Waals surface area contributed by atoms with Crippen molar-refractivity contribution < 1.29 is 33.3 Å². The van der Waals surface area contributed by atoms with E-state index in [4.69, 9.17) is 28.4 Å². The molecule has 1 aliphatic rings. The van der Waals surface area contributed by atoms with Crippen LogP contribution in [0.15, 0.2) is 54.6 Å². The minimum atomic E-state index is -0.834. The molecule has 0 bridgehead atoms. The second-order valence-corrected chi connectivity index (χ2v) is 7.03. The number of ether oxygens (including phenoxy) is 6. The van der Waals surface area contributed by atoms with Gasteiger partial charge in [0.1, 0.15) is 30.2 Å². The Kier molecular flexibility index (Phi) is 8.33. The minimum absolute atomic E-state index is 0.0269. The van der Waals surface area contributed by atoms with Crippen molar-refractivity contribution in [2.45, 2.75) is 37.3 Å². The summed E-state index contributed by atoms with van der Waals surface area (Å²) >= 11 is 0. The SMILES string of the molecule is COC[C@H]1O[C@H](Oc2ccc([N+](=O)[O-])cc2)[C@H](OC)[C@@H](OCc2ccccc2)[C@H]1OC. The normalized spacial score (nSPS) is 25.8. The first-order chi connectivity index (χ1) is 15.1. The summed E-state index contributed by atoms with van der Waals surface area (Å²) in [5.41, 5.74) is 0.982. The third-order valence-electron chi connectivity index (χ3n) is 5.05. The molecule has 0 aromatic heterocycles. The fraction of sp³-hybridized carbons (Fsp3) is 0.455. The van der Waals surface area contributed by atoms with Crippen LogP contribution in [0.4, 0.5) is 5.69 Å². The highest BCUT2D eigenvalue weighted by Crippen LogP contribution is 2.30. The summed E-state index contributed by atoms with van der Waals surface area (Å²) in [7, 11) is 4.70. The van der Waals surface area contributed by atoms with Crippen molar-refractivity contribution in [3.05, 3.63) is 70.3 Å². The molecule has 3 rings (SSSR count). The lowest BCUT2D eigenvalue weighted by molar-refractivity contribution is -0.384. The van der Waals surface area contributed by atoms with Crippen molar-refractivity contribution in [1.29, 1.82) is 0 Å². The summed E-state index contributed by atoms with van der Waals surface area (Å²) in [6, 6.07) is 15.5.